The molecule has 1 aromatic carbocycles. The zero-order valence-corrected chi connectivity index (χ0v) is 21.8. The first kappa shape index (κ1) is 23.9. The van der Waals surface area contributed by atoms with Crippen molar-refractivity contribution < 1.29 is 4.79 Å². The van der Waals surface area contributed by atoms with Gasteiger partial charge in [0.2, 0.25) is 0 Å². The summed E-state index contributed by atoms with van der Waals surface area (Å²) in [5.74, 6) is 2.21. The molecular formula is C29H34N6O2. The summed E-state index contributed by atoms with van der Waals surface area (Å²) < 4.78 is 3.59. The SMILES string of the molecule is CC1CC(c2cccc(-n3cc(C=O)c4cc(CN5CCC[C@H](C)C5)[nH]c4c3=O)c2)(c2nncn2C)C1. The van der Waals surface area contributed by atoms with Crippen molar-refractivity contribution in [2.24, 2.45) is 18.9 Å². The van der Waals surface area contributed by atoms with Gasteiger partial charge in [-0.05, 0) is 67.8 Å². The van der Waals surface area contributed by atoms with Crippen LogP contribution in [0.2, 0.25) is 0 Å². The molecule has 1 aliphatic carbocycles. The van der Waals surface area contributed by atoms with Crippen molar-refractivity contribution in [1.29, 1.82) is 0 Å². The molecule has 6 rings (SSSR count). The van der Waals surface area contributed by atoms with E-state index in [2.05, 4.69) is 46.1 Å². The number of piperidine rings is 1. The molecular weight excluding hydrogens is 464 g/mol. The maximum atomic E-state index is 13.7. The number of benzene rings is 1. The minimum atomic E-state index is -0.229. The molecule has 1 atom stereocenters. The van der Waals surface area contributed by atoms with Gasteiger partial charge in [-0.1, -0.05) is 26.0 Å². The quantitative estimate of drug-likeness (QED) is 0.403. The van der Waals surface area contributed by atoms with Crippen molar-refractivity contribution in [3.05, 3.63) is 75.9 Å². The molecule has 8 heteroatoms. The third-order valence-corrected chi connectivity index (χ3v) is 8.36. The molecule has 1 N–H and O–H groups in total. The Hall–Kier alpha value is -3.52. The summed E-state index contributed by atoms with van der Waals surface area (Å²) in [4.78, 5) is 31.6. The predicted molar refractivity (Wildman–Crippen MR) is 143 cm³/mol. The predicted octanol–water partition coefficient (Wildman–Crippen LogP) is 4.21. The van der Waals surface area contributed by atoms with E-state index >= 15 is 0 Å². The number of nitrogens with one attached hydrogen (secondary N) is 1. The van der Waals surface area contributed by atoms with Crippen molar-refractivity contribution in [3.63, 3.8) is 0 Å². The van der Waals surface area contributed by atoms with Crippen LogP contribution in [0.15, 0.2) is 47.7 Å². The molecule has 1 saturated carbocycles. The van der Waals surface area contributed by atoms with Gasteiger partial charge in [0.15, 0.2) is 6.29 Å². The molecule has 0 radical (unpaired) electrons. The number of hydrogen-bond acceptors (Lipinski definition) is 5. The van der Waals surface area contributed by atoms with E-state index in [1.165, 1.54) is 12.8 Å². The number of nitrogens with zero attached hydrogens (tertiary/aromatic N) is 5. The van der Waals surface area contributed by atoms with Gasteiger partial charge < -0.3 is 9.55 Å². The molecule has 0 bridgehead atoms. The van der Waals surface area contributed by atoms with Crippen LogP contribution in [-0.2, 0) is 19.0 Å². The van der Waals surface area contributed by atoms with Gasteiger partial charge in [0, 0.05) is 48.7 Å². The van der Waals surface area contributed by atoms with Crippen LogP contribution in [0, 0.1) is 11.8 Å². The Balaban J connectivity index is 1.41. The van der Waals surface area contributed by atoms with Crippen LogP contribution in [0.1, 0.15) is 67.0 Å². The minimum Gasteiger partial charge on any atom is -0.353 e. The van der Waals surface area contributed by atoms with Crippen LogP contribution in [0.5, 0.6) is 0 Å². The molecule has 4 heterocycles. The largest absolute Gasteiger partial charge is 0.353 e. The normalized spacial score (nSPS) is 24.3. The second-order valence-electron chi connectivity index (χ2n) is 11.4. The third kappa shape index (κ3) is 4.03. The van der Waals surface area contributed by atoms with E-state index in [0.717, 1.165) is 61.5 Å². The standard InChI is InChI=1S/C29H34N6O2/c1-19-6-5-9-34(14-19)16-23-11-25-21(17-36)15-35(27(37)26(25)31-23)24-8-4-7-22(10-24)29(12-20(2)13-29)28-32-30-18-33(28)3/h4,7-8,10-11,15,17-20,31H,5-6,9,12-14,16H2,1-3H3/t19-,20?,29?/m0/s1. The molecule has 0 spiro atoms. The van der Waals surface area contributed by atoms with Crippen molar-refractivity contribution >= 4 is 17.2 Å². The monoisotopic (exact) mass is 498 g/mol. The number of pyridine rings is 1. The number of aromatic amines is 1. The zero-order valence-electron chi connectivity index (χ0n) is 21.8. The molecule has 8 nitrogen and oxygen atoms in total. The van der Waals surface area contributed by atoms with Crippen LogP contribution in [0.3, 0.4) is 0 Å². The number of aromatic nitrogens is 5. The summed E-state index contributed by atoms with van der Waals surface area (Å²) in [5, 5.41) is 9.28. The first-order valence-electron chi connectivity index (χ1n) is 13.3. The molecule has 2 aliphatic rings. The number of fused-ring (bicyclic) bond motifs is 1. The fourth-order valence-electron chi connectivity index (χ4n) is 6.68. The lowest BCUT2D eigenvalue weighted by molar-refractivity contribution is 0.112. The number of H-pyrrole nitrogens is 1. The zero-order chi connectivity index (χ0) is 25.7. The fraction of sp³-hybridized carbons (Fsp3) is 0.448. The number of aryl methyl sites for hydroxylation is 1. The second-order valence-corrected chi connectivity index (χ2v) is 11.4. The summed E-state index contributed by atoms with van der Waals surface area (Å²) in [5.41, 5.74) is 3.45. The molecule has 4 aromatic rings. The highest BCUT2D eigenvalue weighted by Crippen LogP contribution is 2.51. The highest BCUT2D eigenvalue weighted by Gasteiger charge is 2.48. The number of likely N-dealkylation sites (tertiary alicyclic amines) is 1. The first-order valence-corrected chi connectivity index (χ1v) is 13.3. The Morgan fingerprint density at radius 2 is 2.03 bits per heavy atom. The number of hydrogen-bond donors (Lipinski definition) is 1. The Bertz CT molecular complexity index is 1520. The van der Waals surface area contributed by atoms with Gasteiger partial charge in [-0.15, -0.1) is 10.2 Å². The maximum Gasteiger partial charge on any atom is 0.279 e. The van der Waals surface area contributed by atoms with E-state index < -0.39 is 0 Å². The molecule has 0 amide bonds. The maximum absolute atomic E-state index is 13.7. The number of rotatable bonds is 6. The Morgan fingerprint density at radius 3 is 2.73 bits per heavy atom. The third-order valence-electron chi connectivity index (χ3n) is 8.36. The molecule has 2 fully saturated rings. The Kier molecular flexibility index (Phi) is 5.87. The van der Waals surface area contributed by atoms with Crippen molar-refractivity contribution in [1.82, 2.24) is 29.2 Å². The van der Waals surface area contributed by atoms with Crippen LogP contribution >= 0.6 is 0 Å². The molecule has 1 aliphatic heterocycles. The van der Waals surface area contributed by atoms with E-state index in [1.807, 2.05) is 29.8 Å². The number of aldehydes is 1. The highest BCUT2D eigenvalue weighted by molar-refractivity contribution is 5.96. The van der Waals surface area contributed by atoms with Crippen LogP contribution in [0.4, 0.5) is 0 Å². The topological polar surface area (TPSA) is 88.8 Å². The van der Waals surface area contributed by atoms with Gasteiger partial charge >= 0.3 is 0 Å². The summed E-state index contributed by atoms with van der Waals surface area (Å²) in [7, 11) is 1.98. The van der Waals surface area contributed by atoms with Crippen molar-refractivity contribution in [2.75, 3.05) is 13.1 Å². The van der Waals surface area contributed by atoms with E-state index in [-0.39, 0.29) is 11.0 Å². The van der Waals surface area contributed by atoms with Gasteiger partial charge in [0.05, 0.1) is 5.41 Å². The summed E-state index contributed by atoms with van der Waals surface area (Å²) in [6.07, 6.45) is 8.67. The molecule has 192 valence electrons. The Labute approximate surface area is 216 Å². The summed E-state index contributed by atoms with van der Waals surface area (Å²) in [6.45, 7) is 7.40. The van der Waals surface area contributed by atoms with Crippen LogP contribution < -0.4 is 5.56 Å². The van der Waals surface area contributed by atoms with Crippen LogP contribution in [-0.4, -0.2) is 48.6 Å². The molecule has 0 unspecified atom stereocenters. The van der Waals surface area contributed by atoms with E-state index in [1.54, 1.807) is 17.1 Å². The van der Waals surface area contributed by atoms with E-state index in [9.17, 15) is 9.59 Å². The summed E-state index contributed by atoms with van der Waals surface area (Å²) in [6, 6.07) is 10.1. The lowest BCUT2D eigenvalue weighted by atomic mass is 9.58. The van der Waals surface area contributed by atoms with Crippen molar-refractivity contribution in [3.8, 4) is 5.69 Å². The lowest BCUT2D eigenvalue weighted by Gasteiger charge is -2.46. The molecule has 3 aromatic heterocycles. The van der Waals surface area contributed by atoms with Gasteiger partial charge in [-0.25, -0.2) is 0 Å². The first-order chi connectivity index (χ1) is 17.9. The fourth-order valence-corrected chi connectivity index (χ4v) is 6.68. The van der Waals surface area contributed by atoms with Crippen molar-refractivity contribution in [2.45, 2.75) is 51.5 Å². The Morgan fingerprint density at radius 1 is 1.19 bits per heavy atom. The number of carbonyl (C=O) groups excluding carboxylic acids is 1. The van der Waals surface area contributed by atoms with Gasteiger partial charge in [0.1, 0.15) is 17.7 Å². The van der Waals surface area contributed by atoms with Gasteiger partial charge in [-0.2, -0.15) is 0 Å². The smallest absolute Gasteiger partial charge is 0.279 e. The van der Waals surface area contributed by atoms with Gasteiger partial charge in [-0.3, -0.25) is 19.1 Å². The number of carbonyl (C=O) groups is 1. The minimum absolute atomic E-state index is 0.148. The lowest BCUT2D eigenvalue weighted by Crippen LogP contribution is -2.43. The average Bonchev–Trinajstić information content (AvgIpc) is 3.49. The van der Waals surface area contributed by atoms with E-state index in [0.29, 0.717) is 28.3 Å². The second kappa shape index (κ2) is 9.10. The molecule has 1 saturated heterocycles. The highest BCUT2D eigenvalue weighted by atomic mass is 16.1. The molecule has 37 heavy (non-hydrogen) atoms. The van der Waals surface area contributed by atoms with Gasteiger partial charge in [0.25, 0.3) is 5.56 Å². The van der Waals surface area contributed by atoms with Crippen LogP contribution in [0.25, 0.3) is 16.6 Å². The van der Waals surface area contributed by atoms with E-state index in [4.69, 9.17) is 0 Å². The summed E-state index contributed by atoms with van der Waals surface area (Å²) >= 11 is 0. The average molecular weight is 499 g/mol.